The number of esters is 2. The lowest BCUT2D eigenvalue weighted by Crippen LogP contribution is -2.40. The van der Waals surface area contributed by atoms with Gasteiger partial charge in [0.05, 0.1) is 34.4 Å². The number of likely N-dealkylation sites (N-methyl/N-ethyl adjacent to an activating group) is 1. The van der Waals surface area contributed by atoms with Gasteiger partial charge in [0, 0.05) is 12.8 Å². The molecule has 9 nitrogen and oxygen atoms in total. The van der Waals surface area contributed by atoms with Crippen LogP contribution in [0, 0.1) is 0 Å². The van der Waals surface area contributed by atoms with Crippen molar-refractivity contribution in [2.24, 2.45) is 0 Å². The van der Waals surface area contributed by atoms with E-state index in [-0.39, 0.29) is 38.2 Å². The van der Waals surface area contributed by atoms with Crippen LogP contribution in [0.2, 0.25) is 0 Å². The topological polar surface area (TPSA) is 108 Å². The second-order valence-corrected chi connectivity index (χ2v) is 26.6. The fourth-order valence-electron chi connectivity index (χ4n) is 11.1. The van der Waals surface area contributed by atoms with Crippen LogP contribution in [-0.4, -0.2) is 87.4 Å². The molecule has 0 spiro atoms. The van der Waals surface area contributed by atoms with Crippen molar-refractivity contribution in [1.29, 1.82) is 0 Å². The molecule has 0 rings (SSSR count). The van der Waals surface area contributed by atoms with Gasteiger partial charge < -0.3 is 28.5 Å². The van der Waals surface area contributed by atoms with Gasteiger partial charge in [-0.05, 0) is 57.8 Å². The number of quaternary nitrogens is 1. The van der Waals surface area contributed by atoms with Gasteiger partial charge in [0.2, 0.25) is 0 Å². The van der Waals surface area contributed by atoms with Gasteiger partial charge in [-0.1, -0.05) is 351 Å². The molecular formula is C78H144NO8+. The van der Waals surface area contributed by atoms with Crippen LogP contribution < -0.4 is 0 Å². The number of carbonyl (C=O) groups excluding carboxylic acids is 2. The average Bonchev–Trinajstić information content (AvgIpc) is 3.55. The maximum Gasteiger partial charge on any atom is 0.361 e. The summed E-state index contributed by atoms with van der Waals surface area (Å²) in [6.45, 7) is 4.83. The van der Waals surface area contributed by atoms with Crippen molar-refractivity contribution in [1.82, 2.24) is 0 Å². The van der Waals surface area contributed by atoms with E-state index in [9.17, 15) is 19.5 Å². The van der Waals surface area contributed by atoms with Crippen molar-refractivity contribution < 1.29 is 42.9 Å². The summed E-state index contributed by atoms with van der Waals surface area (Å²) in [5, 5.41) is 9.75. The molecule has 0 aliphatic heterocycles. The Kier molecular flexibility index (Phi) is 66.5. The van der Waals surface area contributed by atoms with E-state index in [1.807, 2.05) is 21.1 Å². The first-order chi connectivity index (χ1) is 42.6. The Morgan fingerprint density at radius 2 is 0.655 bits per heavy atom. The summed E-state index contributed by atoms with van der Waals surface area (Å²) in [5.74, 6) is -1.97. The Morgan fingerprint density at radius 3 is 0.977 bits per heavy atom. The lowest BCUT2D eigenvalue weighted by atomic mass is 10.0. The van der Waals surface area contributed by atoms with Crippen molar-refractivity contribution in [2.45, 2.75) is 373 Å². The number of aliphatic carboxylic acids is 1. The normalized spacial score (nSPS) is 13.0. The number of carbonyl (C=O) groups is 3. The monoisotopic (exact) mass is 1220 g/mol. The van der Waals surface area contributed by atoms with E-state index < -0.39 is 18.4 Å². The Morgan fingerprint density at radius 1 is 0.356 bits per heavy atom. The Bertz CT molecular complexity index is 1610. The summed E-state index contributed by atoms with van der Waals surface area (Å²) in [7, 11) is 5.99. The maximum absolute atomic E-state index is 13.0. The molecule has 2 atom stereocenters. The molecule has 0 aromatic carbocycles. The smallest absolute Gasteiger partial charge is 0.361 e. The van der Waals surface area contributed by atoms with Crippen LogP contribution in [0.15, 0.2) is 60.8 Å². The Hall–Kier alpha value is -3.01. The predicted molar refractivity (Wildman–Crippen MR) is 373 cm³/mol. The van der Waals surface area contributed by atoms with Crippen LogP contribution in [0.25, 0.3) is 0 Å². The molecule has 1 N–H and O–H groups in total. The Labute approximate surface area is 539 Å². The summed E-state index contributed by atoms with van der Waals surface area (Å²) >= 11 is 0. The van der Waals surface area contributed by atoms with E-state index in [1.54, 1.807) is 0 Å². The standard InChI is InChI=1S/C78H143NO8/c1-6-8-10-12-14-16-18-20-22-24-26-28-30-31-32-33-34-35-36-37-38-39-40-41-42-43-44-45-47-49-51-53-55-57-59-61-63-65-67-69-76(81)87-74(73-86-78(77(82)83)84-71-70-79(3,4)5)72-85-75(80)68-66-64-62-60-58-56-54-52-50-48-46-29-27-25-23-21-19-17-15-13-11-9-7-2/h8,10,14,16,20,22,26,28,31-32,74,78H,6-7,9,11-13,15,17-19,21,23-25,27,29-30,33-73H2,1-5H3/p+1/b10-8-,16-14-,22-20-,28-26-,32-31-. The fraction of sp³-hybridized carbons (Fsp3) is 0.833. The van der Waals surface area contributed by atoms with Gasteiger partial charge in [-0.2, -0.15) is 0 Å². The summed E-state index contributed by atoms with van der Waals surface area (Å²) in [6.07, 6.45) is 87.9. The lowest BCUT2D eigenvalue weighted by Gasteiger charge is -2.25. The van der Waals surface area contributed by atoms with E-state index in [0.717, 1.165) is 70.6 Å². The van der Waals surface area contributed by atoms with Gasteiger partial charge in [0.15, 0.2) is 6.10 Å². The molecule has 0 amide bonds. The fourth-order valence-corrected chi connectivity index (χ4v) is 11.1. The third-order valence-corrected chi connectivity index (χ3v) is 16.8. The molecule has 0 saturated carbocycles. The number of hydrogen-bond donors (Lipinski definition) is 1. The number of ether oxygens (including phenoxy) is 4. The molecular weight excluding hydrogens is 1080 g/mol. The number of carboxylic acids is 1. The van der Waals surface area contributed by atoms with E-state index in [1.165, 1.54) is 263 Å². The van der Waals surface area contributed by atoms with Crippen LogP contribution in [0.1, 0.15) is 361 Å². The number of nitrogens with zero attached hydrogens (tertiary/aromatic N) is 1. The van der Waals surface area contributed by atoms with Crippen molar-refractivity contribution in [3.8, 4) is 0 Å². The van der Waals surface area contributed by atoms with Gasteiger partial charge in [-0.3, -0.25) is 9.59 Å². The van der Waals surface area contributed by atoms with Crippen LogP contribution in [0.4, 0.5) is 0 Å². The molecule has 0 fully saturated rings. The molecule has 0 aliphatic carbocycles. The number of rotatable bonds is 70. The van der Waals surface area contributed by atoms with Crippen molar-refractivity contribution in [3.63, 3.8) is 0 Å². The quantitative estimate of drug-likeness (QED) is 0.0211. The van der Waals surface area contributed by atoms with E-state index >= 15 is 0 Å². The first-order valence-corrected chi connectivity index (χ1v) is 37.5. The zero-order valence-electron chi connectivity index (χ0n) is 58.2. The highest BCUT2D eigenvalue weighted by molar-refractivity contribution is 5.71. The van der Waals surface area contributed by atoms with Crippen LogP contribution >= 0.6 is 0 Å². The molecule has 0 heterocycles. The molecule has 508 valence electrons. The predicted octanol–water partition coefficient (Wildman–Crippen LogP) is 23.5. The SMILES string of the molecule is CC/C=C\C/C=C\C/C=C\C/C=C\C/C=C\CCCCCCCCCCCCCCCCCCCCCCCCCC(=O)OC(COC(=O)CCCCCCCCCCCCCCCCCCCCCCCCC)COC(OCC[N+](C)(C)C)C(=O)O. The average molecular weight is 1220 g/mol. The van der Waals surface area contributed by atoms with Crippen LogP contribution in [-0.2, 0) is 33.3 Å². The maximum atomic E-state index is 13.0. The molecule has 2 unspecified atom stereocenters. The van der Waals surface area contributed by atoms with Crippen LogP contribution in [0.3, 0.4) is 0 Å². The number of allylic oxidation sites excluding steroid dienone is 10. The van der Waals surface area contributed by atoms with Crippen molar-refractivity contribution in [3.05, 3.63) is 60.8 Å². The van der Waals surface area contributed by atoms with Gasteiger partial charge in [-0.15, -0.1) is 0 Å². The second kappa shape index (κ2) is 68.9. The van der Waals surface area contributed by atoms with Crippen molar-refractivity contribution in [2.75, 3.05) is 47.5 Å². The molecule has 0 radical (unpaired) electrons. The number of carboxylic acid groups (broad SMARTS) is 1. The minimum Gasteiger partial charge on any atom is -0.477 e. The molecule has 0 aromatic heterocycles. The molecule has 0 saturated heterocycles. The minimum atomic E-state index is -1.51. The molecule has 87 heavy (non-hydrogen) atoms. The molecule has 0 bridgehead atoms. The highest BCUT2D eigenvalue weighted by atomic mass is 16.7. The highest BCUT2D eigenvalue weighted by Gasteiger charge is 2.25. The first kappa shape index (κ1) is 84.0. The first-order valence-electron chi connectivity index (χ1n) is 37.5. The minimum absolute atomic E-state index is 0.176. The second-order valence-electron chi connectivity index (χ2n) is 26.6. The molecule has 0 aliphatic rings. The van der Waals surface area contributed by atoms with E-state index in [2.05, 4.69) is 74.6 Å². The van der Waals surface area contributed by atoms with Gasteiger partial charge in [0.1, 0.15) is 13.2 Å². The Balaban J connectivity index is 3.98. The number of unbranched alkanes of at least 4 members (excludes halogenated alkanes) is 45. The third-order valence-electron chi connectivity index (χ3n) is 16.8. The number of hydrogen-bond acceptors (Lipinski definition) is 7. The highest BCUT2D eigenvalue weighted by Crippen LogP contribution is 2.19. The zero-order valence-corrected chi connectivity index (χ0v) is 58.2. The molecule has 9 heteroatoms. The van der Waals surface area contributed by atoms with Gasteiger partial charge in [0.25, 0.3) is 6.29 Å². The van der Waals surface area contributed by atoms with Gasteiger partial charge in [-0.25, -0.2) is 4.79 Å². The van der Waals surface area contributed by atoms with E-state index in [4.69, 9.17) is 18.9 Å². The summed E-state index contributed by atoms with van der Waals surface area (Å²) in [6, 6.07) is 0. The van der Waals surface area contributed by atoms with Crippen LogP contribution in [0.5, 0.6) is 0 Å². The molecule has 0 aromatic rings. The van der Waals surface area contributed by atoms with Crippen molar-refractivity contribution >= 4 is 17.9 Å². The largest absolute Gasteiger partial charge is 0.477 e. The summed E-state index contributed by atoms with van der Waals surface area (Å²) < 4.78 is 23.0. The van der Waals surface area contributed by atoms with Gasteiger partial charge >= 0.3 is 17.9 Å². The lowest BCUT2D eigenvalue weighted by molar-refractivity contribution is -0.870. The zero-order chi connectivity index (χ0) is 63.3. The summed E-state index contributed by atoms with van der Waals surface area (Å²) in [4.78, 5) is 37.7. The summed E-state index contributed by atoms with van der Waals surface area (Å²) in [5.41, 5.74) is 0. The van der Waals surface area contributed by atoms with E-state index in [0.29, 0.717) is 17.4 Å². The third kappa shape index (κ3) is 70.3.